The fraction of sp³-hybridized carbons (Fsp3) is 0.571. The quantitative estimate of drug-likeness (QED) is 0.453. The van der Waals surface area contributed by atoms with Crippen molar-refractivity contribution in [1.82, 2.24) is 10.2 Å². The number of hydrogen-bond acceptors (Lipinski definition) is 7. The third-order valence-electron chi connectivity index (χ3n) is 4.17. The first-order valence-corrected chi connectivity index (χ1v) is 7.59. The van der Waals surface area contributed by atoms with Crippen LogP contribution in [0.1, 0.15) is 13.3 Å². The van der Waals surface area contributed by atoms with E-state index in [0.717, 1.165) is 6.42 Å². The number of ether oxygens (including phenoxy) is 2. The summed E-state index contributed by atoms with van der Waals surface area (Å²) in [4.78, 5) is 44.0. The van der Waals surface area contributed by atoms with E-state index in [4.69, 9.17) is 24.5 Å². The van der Waals surface area contributed by atoms with Gasteiger partial charge in [0.15, 0.2) is 0 Å². The maximum Gasteiger partial charge on any atom is 0.512 e. The van der Waals surface area contributed by atoms with E-state index in [9.17, 15) is 27.6 Å². The standard InChI is InChI=1S/C12H14N2O6.C2HF3O2/c1-5(15)19-4-7-6-2-3-13-8-9(6)14(10(8)16)11(7)20-12(17)18;3-2(4,5)1(6)7/h6,8-9,13H,2-4H2,1H3,(H,17,18);(H,6,7)/t6?,8-,9+;/m0./s1. The highest BCUT2D eigenvalue weighted by Gasteiger charge is 2.61. The van der Waals surface area contributed by atoms with Crippen LogP contribution >= 0.6 is 0 Å². The van der Waals surface area contributed by atoms with Gasteiger partial charge in [-0.05, 0) is 13.0 Å². The highest BCUT2D eigenvalue weighted by atomic mass is 19.4. The average molecular weight is 396 g/mol. The Morgan fingerprint density at radius 2 is 1.89 bits per heavy atom. The molecule has 0 aromatic rings. The first-order chi connectivity index (χ1) is 12.4. The Bertz CT molecular complexity index is 705. The molecular formula is C14H15F3N2O8. The van der Waals surface area contributed by atoms with E-state index >= 15 is 0 Å². The lowest BCUT2D eigenvalue weighted by Crippen LogP contribution is -2.71. The molecule has 3 rings (SSSR count). The predicted octanol–water partition coefficient (Wildman–Crippen LogP) is 0.291. The zero-order valence-corrected chi connectivity index (χ0v) is 13.8. The van der Waals surface area contributed by atoms with Gasteiger partial charge < -0.3 is 25.0 Å². The molecular weight excluding hydrogens is 381 g/mol. The molecule has 3 aliphatic rings. The second-order valence-electron chi connectivity index (χ2n) is 5.81. The maximum atomic E-state index is 12.0. The second-order valence-corrected chi connectivity index (χ2v) is 5.81. The molecule has 2 saturated heterocycles. The van der Waals surface area contributed by atoms with Crippen LogP contribution in [0.2, 0.25) is 0 Å². The molecule has 3 aliphatic heterocycles. The van der Waals surface area contributed by atoms with Crippen LogP contribution < -0.4 is 5.32 Å². The van der Waals surface area contributed by atoms with Gasteiger partial charge >= 0.3 is 24.3 Å². The van der Waals surface area contributed by atoms with Gasteiger partial charge in [0.1, 0.15) is 12.6 Å². The van der Waals surface area contributed by atoms with Crippen LogP contribution in [0.4, 0.5) is 18.0 Å². The number of β-lactam (4-membered cyclic amide) rings is 1. The summed E-state index contributed by atoms with van der Waals surface area (Å²) in [5.74, 6) is -3.43. The first kappa shape index (κ1) is 20.5. The summed E-state index contributed by atoms with van der Waals surface area (Å²) in [5.41, 5.74) is 0.574. The van der Waals surface area contributed by atoms with Crippen LogP contribution in [0.3, 0.4) is 0 Å². The normalized spacial score (nSPS) is 25.7. The molecule has 0 bridgehead atoms. The lowest BCUT2D eigenvalue weighted by molar-refractivity contribution is -0.192. The van der Waals surface area contributed by atoms with Crippen molar-refractivity contribution in [3.05, 3.63) is 11.5 Å². The molecule has 0 aromatic carbocycles. The van der Waals surface area contributed by atoms with Gasteiger partial charge in [0.25, 0.3) is 0 Å². The largest absolute Gasteiger partial charge is 0.512 e. The predicted molar refractivity (Wildman–Crippen MR) is 77.0 cm³/mol. The molecule has 1 unspecified atom stereocenters. The Kier molecular flexibility index (Phi) is 5.63. The Hall–Kier alpha value is -2.83. The number of esters is 1. The molecule has 3 N–H and O–H groups in total. The number of amides is 1. The van der Waals surface area contributed by atoms with Gasteiger partial charge in [-0.15, -0.1) is 0 Å². The number of carbonyl (C=O) groups excluding carboxylic acids is 2. The number of aliphatic carboxylic acids is 1. The van der Waals surface area contributed by atoms with E-state index in [2.05, 4.69) is 5.32 Å². The molecule has 1 amide bonds. The van der Waals surface area contributed by atoms with Crippen molar-refractivity contribution in [1.29, 1.82) is 0 Å². The van der Waals surface area contributed by atoms with E-state index < -0.39 is 24.3 Å². The Morgan fingerprint density at radius 3 is 2.37 bits per heavy atom. The van der Waals surface area contributed by atoms with E-state index in [1.165, 1.54) is 11.8 Å². The van der Waals surface area contributed by atoms with E-state index in [-0.39, 0.29) is 36.4 Å². The molecule has 3 heterocycles. The number of carboxylic acids is 1. The summed E-state index contributed by atoms with van der Waals surface area (Å²) in [5, 5.41) is 19.0. The van der Waals surface area contributed by atoms with Gasteiger partial charge in [0, 0.05) is 18.4 Å². The van der Waals surface area contributed by atoms with Crippen LogP contribution in [-0.4, -0.2) is 70.5 Å². The summed E-state index contributed by atoms with van der Waals surface area (Å²) in [7, 11) is 0. The molecule has 0 radical (unpaired) electrons. The van der Waals surface area contributed by atoms with E-state index in [1.807, 2.05) is 0 Å². The number of halogens is 3. The minimum absolute atomic E-state index is 0.0127. The lowest BCUT2D eigenvalue weighted by Gasteiger charge is -2.48. The van der Waals surface area contributed by atoms with Gasteiger partial charge in [-0.25, -0.2) is 9.59 Å². The number of rotatable bonds is 3. The molecule has 0 aromatic heterocycles. The smallest absolute Gasteiger partial charge is 0.475 e. The van der Waals surface area contributed by atoms with Gasteiger partial charge in [0.05, 0.1) is 6.04 Å². The van der Waals surface area contributed by atoms with Gasteiger partial charge in [0.2, 0.25) is 11.8 Å². The fourth-order valence-electron chi connectivity index (χ4n) is 3.17. The van der Waals surface area contributed by atoms with Crippen LogP contribution in [0, 0.1) is 5.92 Å². The molecule has 0 spiro atoms. The molecule has 27 heavy (non-hydrogen) atoms. The molecule has 2 fully saturated rings. The molecule has 13 heteroatoms. The third kappa shape index (κ3) is 4.13. The van der Waals surface area contributed by atoms with Crippen molar-refractivity contribution in [2.75, 3.05) is 13.2 Å². The second kappa shape index (κ2) is 7.42. The van der Waals surface area contributed by atoms with Crippen molar-refractivity contribution in [3.63, 3.8) is 0 Å². The summed E-state index contributed by atoms with van der Waals surface area (Å²) in [6.45, 7) is 1.89. The summed E-state index contributed by atoms with van der Waals surface area (Å²) in [6, 6.07) is -0.424. The summed E-state index contributed by atoms with van der Waals surface area (Å²) < 4.78 is 41.4. The van der Waals surface area contributed by atoms with E-state index in [1.54, 1.807) is 0 Å². The molecule has 3 atom stereocenters. The van der Waals surface area contributed by atoms with Crippen molar-refractivity contribution in [2.24, 2.45) is 5.92 Å². The van der Waals surface area contributed by atoms with Crippen LogP contribution in [0.5, 0.6) is 0 Å². The molecule has 10 nitrogen and oxygen atoms in total. The van der Waals surface area contributed by atoms with Crippen LogP contribution in [0.15, 0.2) is 11.5 Å². The number of carbonyl (C=O) groups is 4. The Balaban J connectivity index is 0.000000321. The lowest BCUT2D eigenvalue weighted by atomic mass is 9.79. The number of nitrogens with one attached hydrogen (secondary N) is 1. The van der Waals surface area contributed by atoms with E-state index in [0.29, 0.717) is 12.1 Å². The number of nitrogens with zero attached hydrogens (tertiary/aromatic N) is 1. The van der Waals surface area contributed by atoms with Crippen molar-refractivity contribution in [2.45, 2.75) is 31.6 Å². The van der Waals surface area contributed by atoms with Crippen LogP contribution in [0.25, 0.3) is 0 Å². The zero-order valence-electron chi connectivity index (χ0n) is 13.8. The monoisotopic (exact) mass is 396 g/mol. The Labute approximate surface area is 149 Å². The van der Waals surface area contributed by atoms with Crippen molar-refractivity contribution >= 4 is 24.0 Å². The van der Waals surface area contributed by atoms with Crippen molar-refractivity contribution in [3.8, 4) is 0 Å². The number of piperidine rings is 1. The highest BCUT2D eigenvalue weighted by molar-refractivity contribution is 5.93. The average Bonchev–Trinajstić information content (AvgIpc) is 2.83. The van der Waals surface area contributed by atoms with Gasteiger partial charge in [-0.2, -0.15) is 13.2 Å². The van der Waals surface area contributed by atoms with Crippen LogP contribution in [-0.2, 0) is 23.9 Å². The molecule has 0 saturated carbocycles. The summed E-state index contributed by atoms with van der Waals surface area (Å²) in [6.07, 6.45) is -5.82. The highest BCUT2D eigenvalue weighted by Crippen LogP contribution is 2.46. The first-order valence-electron chi connectivity index (χ1n) is 7.59. The number of alkyl halides is 3. The van der Waals surface area contributed by atoms with Crippen molar-refractivity contribution < 1.29 is 52.0 Å². The van der Waals surface area contributed by atoms with Gasteiger partial charge in [-0.3, -0.25) is 14.5 Å². The molecule has 150 valence electrons. The molecule has 0 aliphatic carbocycles. The number of hydrogen-bond donors (Lipinski definition) is 3. The maximum absolute atomic E-state index is 12.0. The third-order valence-corrected chi connectivity index (χ3v) is 4.17. The SMILES string of the molecule is CC(=O)OCC1=C(OC(=O)O)N2C(=O)[C@H]3NCCC1[C@H]32.O=C(O)C(F)(F)F. The Morgan fingerprint density at radius 1 is 1.30 bits per heavy atom. The fourth-order valence-corrected chi connectivity index (χ4v) is 3.17. The minimum atomic E-state index is -5.08. The van der Waals surface area contributed by atoms with Gasteiger partial charge in [-0.1, -0.05) is 0 Å². The minimum Gasteiger partial charge on any atom is -0.475 e. The number of carboxylic acid groups (broad SMARTS) is 2. The zero-order chi connectivity index (χ0) is 20.5. The topological polar surface area (TPSA) is 142 Å². The summed E-state index contributed by atoms with van der Waals surface area (Å²) >= 11 is 0.